The molecule has 0 fully saturated rings. The summed E-state index contributed by atoms with van der Waals surface area (Å²) in [6.45, 7) is 9.00. The van der Waals surface area contributed by atoms with Gasteiger partial charge in [0.2, 0.25) is 11.4 Å². The predicted octanol–water partition coefficient (Wildman–Crippen LogP) is 7.59. The van der Waals surface area contributed by atoms with E-state index in [1.807, 2.05) is 43.3 Å². The molecule has 3 aromatic heterocycles. The van der Waals surface area contributed by atoms with Crippen molar-refractivity contribution in [3.63, 3.8) is 0 Å². The van der Waals surface area contributed by atoms with Crippen molar-refractivity contribution < 1.29 is 13.1 Å². The zero-order chi connectivity index (χ0) is 26.5. The highest BCUT2D eigenvalue weighted by Crippen LogP contribution is 2.50. The summed E-state index contributed by atoms with van der Waals surface area (Å²) in [5.74, 6) is 0. The van der Waals surface area contributed by atoms with Crippen LogP contribution < -0.4 is 4.57 Å². The molecular formula is C31H33N2O+. The Hall–Kier alpha value is -3.20. The minimum absolute atomic E-state index is 0.0420. The molecule has 3 heterocycles. The quantitative estimate of drug-likeness (QED) is 0.245. The summed E-state index contributed by atoms with van der Waals surface area (Å²) < 4.78 is 33.9. The normalized spacial score (nSPS) is 18.6. The Labute approximate surface area is 205 Å². The van der Waals surface area contributed by atoms with Crippen molar-refractivity contribution >= 4 is 33.0 Å². The molecule has 1 aliphatic rings. The fraction of sp³-hybridized carbons (Fsp3) is 0.355. The summed E-state index contributed by atoms with van der Waals surface area (Å²) >= 11 is 0. The zero-order valence-corrected chi connectivity index (χ0v) is 20.8. The van der Waals surface area contributed by atoms with E-state index in [1.54, 1.807) is 0 Å². The van der Waals surface area contributed by atoms with Gasteiger partial charge in [0.05, 0.1) is 11.1 Å². The van der Waals surface area contributed by atoms with Gasteiger partial charge in [-0.15, -0.1) is 0 Å². The molecule has 0 radical (unpaired) electrons. The lowest BCUT2D eigenvalue weighted by molar-refractivity contribution is -0.661. The van der Waals surface area contributed by atoms with Crippen LogP contribution in [-0.4, -0.2) is 4.98 Å². The number of aryl methyl sites for hydroxylation is 3. The number of hydrogen-bond donors (Lipinski definition) is 0. The first-order valence-electron chi connectivity index (χ1n) is 13.6. The fourth-order valence-corrected chi connectivity index (χ4v) is 5.99. The van der Waals surface area contributed by atoms with Gasteiger partial charge < -0.3 is 4.42 Å². The Morgan fingerprint density at radius 2 is 1.76 bits per heavy atom. The largest absolute Gasteiger partial charge is 0.437 e. The van der Waals surface area contributed by atoms with Crippen LogP contribution in [0, 0.1) is 13.8 Å². The molecule has 2 aromatic carbocycles. The second kappa shape index (κ2) is 6.91. The Morgan fingerprint density at radius 1 is 1.00 bits per heavy atom. The first-order chi connectivity index (χ1) is 17.3. The second-order valence-corrected chi connectivity index (χ2v) is 11.3. The van der Waals surface area contributed by atoms with E-state index in [9.17, 15) is 0 Å². The third-order valence-corrected chi connectivity index (χ3v) is 7.98. The van der Waals surface area contributed by atoms with Gasteiger partial charge >= 0.3 is 0 Å². The summed E-state index contributed by atoms with van der Waals surface area (Å²) in [6, 6.07) is 14.0. The van der Waals surface area contributed by atoms with E-state index in [4.69, 9.17) is 13.5 Å². The van der Waals surface area contributed by atoms with Gasteiger partial charge in [0.1, 0.15) is 7.05 Å². The molecule has 0 N–H and O–H groups in total. The smallest absolute Gasteiger partial charge is 0.227 e. The molecule has 6 rings (SSSR count). The van der Waals surface area contributed by atoms with Gasteiger partial charge in [0.15, 0.2) is 11.8 Å². The van der Waals surface area contributed by atoms with Crippen molar-refractivity contribution in [2.75, 3.05) is 0 Å². The average molecular weight is 453 g/mol. The van der Waals surface area contributed by atoms with Crippen LogP contribution in [0.5, 0.6) is 0 Å². The van der Waals surface area contributed by atoms with Crippen molar-refractivity contribution in [1.29, 1.82) is 0 Å². The SMILES string of the molecule is [2H]C([2H])([2H])c1cc(C)c(-c2c3c(cc[n+]2C)C(C)(C)CCC3(C)C)c2oc3nc4ccccc4cc3c12. The molecule has 0 bridgehead atoms. The molecule has 0 spiro atoms. The number of aromatic nitrogens is 2. The number of benzene rings is 2. The van der Waals surface area contributed by atoms with Crippen molar-refractivity contribution in [3.05, 3.63) is 70.9 Å². The topological polar surface area (TPSA) is 29.9 Å². The zero-order valence-electron chi connectivity index (χ0n) is 23.8. The maximum Gasteiger partial charge on any atom is 0.227 e. The minimum Gasteiger partial charge on any atom is -0.437 e. The summed E-state index contributed by atoms with van der Waals surface area (Å²) in [6.07, 6.45) is 4.33. The Bertz CT molecular complexity index is 1740. The number of fused-ring (bicyclic) bond motifs is 5. The molecule has 5 aromatic rings. The van der Waals surface area contributed by atoms with E-state index in [1.165, 1.54) is 11.1 Å². The molecule has 0 saturated heterocycles. The first kappa shape index (κ1) is 18.2. The molecule has 1 aliphatic carbocycles. The van der Waals surface area contributed by atoms with Gasteiger partial charge in [0.25, 0.3) is 0 Å². The van der Waals surface area contributed by atoms with Crippen LogP contribution in [0.25, 0.3) is 44.2 Å². The van der Waals surface area contributed by atoms with Gasteiger partial charge in [-0.05, 0) is 66.3 Å². The van der Waals surface area contributed by atoms with Crippen LogP contribution in [0.15, 0.2) is 53.1 Å². The molecule has 0 atom stereocenters. The van der Waals surface area contributed by atoms with E-state index in [0.717, 1.165) is 46.0 Å². The highest BCUT2D eigenvalue weighted by atomic mass is 16.3. The van der Waals surface area contributed by atoms with Crippen molar-refractivity contribution in [1.82, 2.24) is 4.98 Å². The highest BCUT2D eigenvalue weighted by Gasteiger charge is 2.43. The third kappa shape index (κ3) is 2.89. The van der Waals surface area contributed by atoms with Gasteiger partial charge in [-0.2, -0.15) is 0 Å². The van der Waals surface area contributed by atoms with Crippen LogP contribution in [0.1, 0.15) is 66.9 Å². The standard InChI is InChI=1S/C31H33N2O/c1-18-16-19(2)25(27-26-22(12-15-33(27)7)30(3,4)13-14-31(26,5)6)28-24(18)21-17-20-10-8-9-11-23(20)32-29(21)34-28/h8-12,15-17H,13-14H2,1-7H3/q+1/i1D3. The summed E-state index contributed by atoms with van der Waals surface area (Å²) in [7, 11) is 2.07. The lowest BCUT2D eigenvalue weighted by atomic mass is 9.62. The minimum atomic E-state index is -2.29. The number of para-hydroxylation sites is 1. The van der Waals surface area contributed by atoms with E-state index in [2.05, 4.69) is 51.6 Å². The van der Waals surface area contributed by atoms with Gasteiger partial charge in [0, 0.05) is 31.9 Å². The van der Waals surface area contributed by atoms with Crippen LogP contribution in [0.2, 0.25) is 0 Å². The number of furan rings is 1. The predicted molar refractivity (Wildman–Crippen MR) is 140 cm³/mol. The molecule has 0 aliphatic heterocycles. The Balaban J connectivity index is 1.82. The van der Waals surface area contributed by atoms with Gasteiger partial charge in [-0.25, -0.2) is 9.55 Å². The second-order valence-electron chi connectivity index (χ2n) is 11.3. The lowest BCUT2D eigenvalue weighted by Gasteiger charge is -2.41. The molecule has 0 unspecified atom stereocenters. The Kier molecular flexibility index (Phi) is 3.69. The van der Waals surface area contributed by atoms with E-state index >= 15 is 0 Å². The first-order valence-corrected chi connectivity index (χ1v) is 12.1. The van der Waals surface area contributed by atoms with E-state index < -0.39 is 6.85 Å². The van der Waals surface area contributed by atoms with Gasteiger partial charge in [-0.3, -0.25) is 0 Å². The maximum atomic E-state index is 8.38. The van der Waals surface area contributed by atoms with Crippen molar-refractivity contribution in [3.8, 4) is 11.3 Å². The van der Waals surface area contributed by atoms with Crippen LogP contribution >= 0.6 is 0 Å². The average Bonchev–Trinajstić information content (AvgIpc) is 3.17. The van der Waals surface area contributed by atoms with E-state index in [0.29, 0.717) is 22.2 Å². The third-order valence-electron chi connectivity index (χ3n) is 7.98. The molecule has 34 heavy (non-hydrogen) atoms. The van der Waals surface area contributed by atoms with Crippen LogP contribution in [-0.2, 0) is 17.9 Å². The number of hydrogen-bond acceptors (Lipinski definition) is 2. The molecule has 3 heteroatoms. The number of nitrogens with zero attached hydrogens (tertiary/aromatic N) is 2. The summed E-state index contributed by atoms with van der Waals surface area (Å²) in [5.41, 5.74) is 7.83. The van der Waals surface area contributed by atoms with Crippen molar-refractivity contribution in [2.24, 2.45) is 7.05 Å². The molecule has 0 amide bonds. The Morgan fingerprint density at radius 3 is 2.56 bits per heavy atom. The molecule has 172 valence electrons. The monoisotopic (exact) mass is 452 g/mol. The lowest BCUT2D eigenvalue weighted by Crippen LogP contribution is -2.41. The van der Waals surface area contributed by atoms with Gasteiger partial charge in [-0.1, -0.05) is 52.0 Å². The number of rotatable bonds is 1. The van der Waals surface area contributed by atoms with Crippen LogP contribution in [0.4, 0.5) is 0 Å². The fourth-order valence-electron chi connectivity index (χ4n) is 5.99. The summed E-state index contributed by atoms with van der Waals surface area (Å²) in [5, 5.41) is 2.34. The number of pyridine rings is 2. The van der Waals surface area contributed by atoms with E-state index in [-0.39, 0.29) is 10.8 Å². The maximum absolute atomic E-state index is 8.38. The van der Waals surface area contributed by atoms with Crippen molar-refractivity contribution in [2.45, 2.75) is 65.1 Å². The molecular weight excluding hydrogens is 416 g/mol. The summed E-state index contributed by atoms with van der Waals surface area (Å²) in [4.78, 5) is 4.81. The highest BCUT2D eigenvalue weighted by molar-refractivity contribution is 6.13. The van der Waals surface area contributed by atoms with Crippen LogP contribution in [0.3, 0.4) is 0 Å². The molecule has 3 nitrogen and oxygen atoms in total. The molecule has 0 saturated carbocycles.